The Kier molecular flexibility index (Phi) is 4.35. The molecule has 1 fully saturated rings. The summed E-state index contributed by atoms with van der Waals surface area (Å²) in [6.45, 7) is 1.05. The van der Waals surface area contributed by atoms with Gasteiger partial charge in [-0.15, -0.1) is 11.8 Å². The highest BCUT2D eigenvalue weighted by Gasteiger charge is 2.27. The topological polar surface area (TPSA) is 52.6 Å². The number of piperidine rings is 1. The summed E-state index contributed by atoms with van der Waals surface area (Å²) >= 11 is 1.69. The highest BCUT2D eigenvalue weighted by molar-refractivity contribution is 7.99. The third-order valence-corrected chi connectivity index (χ3v) is 5.12. The molecule has 4 nitrogen and oxygen atoms in total. The maximum atomic E-state index is 13.4. The molecule has 0 saturated carbocycles. The molecular formula is C15H19FN2O2S. The minimum atomic E-state index is -0.434. The van der Waals surface area contributed by atoms with E-state index in [1.54, 1.807) is 22.7 Å². The molecule has 2 aliphatic rings. The monoisotopic (exact) mass is 310 g/mol. The summed E-state index contributed by atoms with van der Waals surface area (Å²) in [5.41, 5.74) is 0.858. The van der Waals surface area contributed by atoms with E-state index >= 15 is 0 Å². The van der Waals surface area contributed by atoms with Gasteiger partial charge in [0, 0.05) is 23.7 Å². The summed E-state index contributed by atoms with van der Waals surface area (Å²) in [6, 6.07) is 4.43. The van der Waals surface area contributed by atoms with Crippen LogP contribution in [0.15, 0.2) is 23.1 Å². The molecule has 2 amide bonds. The Morgan fingerprint density at radius 2 is 2.29 bits per heavy atom. The number of β-amino-alcohol motifs (C(OH)–C–C–N with tert-alkyl or cyclic N) is 1. The van der Waals surface area contributed by atoms with E-state index < -0.39 is 6.10 Å². The van der Waals surface area contributed by atoms with Crippen molar-refractivity contribution in [2.75, 3.05) is 18.8 Å². The summed E-state index contributed by atoms with van der Waals surface area (Å²) in [6.07, 6.45) is 1.93. The summed E-state index contributed by atoms with van der Waals surface area (Å²) in [4.78, 5) is 15.0. The first-order chi connectivity index (χ1) is 10.1. The maximum absolute atomic E-state index is 13.4. The van der Waals surface area contributed by atoms with E-state index in [1.807, 2.05) is 0 Å². The lowest BCUT2D eigenvalue weighted by Gasteiger charge is -2.33. The molecule has 0 aliphatic carbocycles. The molecule has 2 unspecified atom stereocenters. The molecule has 2 atom stereocenters. The van der Waals surface area contributed by atoms with E-state index in [4.69, 9.17) is 0 Å². The SMILES string of the molecule is O=C(NC1CCSc2ccc(F)cc21)N1CCCC(O)C1. The molecule has 1 saturated heterocycles. The van der Waals surface area contributed by atoms with E-state index in [2.05, 4.69) is 5.32 Å². The van der Waals surface area contributed by atoms with E-state index in [0.29, 0.717) is 13.1 Å². The lowest BCUT2D eigenvalue weighted by atomic mass is 10.0. The predicted octanol–water partition coefficient (Wildman–Crippen LogP) is 2.53. The average Bonchev–Trinajstić information content (AvgIpc) is 2.48. The number of halogens is 1. The van der Waals surface area contributed by atoms with Gasteiger partial charge in [0.25, 0.3) is 0 Å². The number of aliphatic hydroxyl groups is 1. The van der Waals surface area contributed by atoms with Crippen LogP contribution in [0.3, 0.4) is 0 Å². The molecule has 0 spiro atoms. The molecule has 2 heterocycles. The Balaban J connectivity index is 1.71. The number of carbonyl (C=O) groups excluding carboxylic acids is 1. The number of nitrogens with one attached hydrogen (secondary N) is 1. The van der Waals surface area contributed by atoms with Gasteiger partial charge in [-0.1, -0.05) is 0 Å². The molecule has 0 bridgehead atoms. The Morgan fingerprint density at radius 1 is 1.43 bits per heavy atom. The lowest BCUT2D eigenvalue weighted by Crippen LogP contribution is -2.48. The van der Waals surface area contributed by atoms with Crippen LogP contribution >= 0.6 is 11.8 Å². The standard InChI is InChI=1S/C15H19FN2O2S/c16-10-3-4-14-12(8-10)13(5-7-21-14)17-15(20)18-6-1-2-11(19)9-18/h3-4,8,11,13,19H,1-2,5-7,9H2,(H,17,20). The number of hydrogen-bond acceptors (Lipinski definition) is 3. The smallest absolute Gasteiger partial charge is 0.317 e. The van der Waals surface area contributed by atoms with Crippen molar-refractivity contribution in [3.05, 3.63) is 29.6 Å². The fourth-order valence-corrected chi connectivity index (χ4v) is 4.00. The first-order valence-corrected chi connectivity index (χ1v) is 8.28. The van der Waals surface area contributed by atoms with Crippen LogP contribution in [0.1, 0.15) is 30.9 Å². The van der Waals surface area contributed by atoms with Gasteiger partial charge in [-0.25, -0.2) is 9.18 Å². The number of fused-ring (bicyclic) bond motifs is 1. The predicted molar refractivity (Wildman–Crippen MR) is 79.8 cm³/mol. The normalized spacial score (nSPS) is 25.3. The molecular weight excluding hydrogens is 291 g/mol. The van der Waals surface area contributed by atoms with Crippen LogP contribution in [0.5, 0.6) is 0 Å². The van der Waals surface area contributed by atoms with Gasteiger partial charge < -0.3 is 15.3 Å². The molecule has 0 aromatic heterocycles. The fraction of sp³-hybridized carbons (Fsp3) is 0.533. The lowest BCUT2D eigenvalue weighted by molar-refractivity contribution is 0.0832. The zero-order chi connectivity index (χ0) is 14.8. The molecule has 2 aliphatic heterocycles. The highest BCUT2D eigenvalue weighted by atomic mass is 32.2. The molecule has 6 heteroatoms. The number of thioether (sulfide) groups is 1. The zero-order valence-electron chi connectivity index (χ0n) is 11.7. The van der Waals surface area contributed by atoms with Gasteiger partial charge in [-0.05, 0) is 43.0 Å². The van der Waals surface area contributed by atoms with Crippen molar-refractivity contribution in [1.82, 2.24) is 10.2 Å². The highest BCUT2D eigenvalue weighted by Crippen LogP contribution is 2.36. The largest absolute Gasteiger partial charge is 0.391 e. The summed E-state index contributed by atoms with van der Waals surface area (Å²) in [7, 11) is 0. The van der Waals surface area contributed by atoms with E-state index in [0.717, 1.165) is 35.5 Å². The second kappa shape index (κ2) is 6.23. The molecule has 3 rings (SSSR count). The van der Waals surface area contributed by atoms with Crippen LogP contribution in [0.4, 0.5) is 9.18 Å². The van der Waals surface area contributed by atoms with Crippen molar-refractivity contribution in [1.29, 1.82) is 0 Å². The number of carbonyl (C=O) groups is 1. The van der Waals surface area contributed by atoms with Crippen molar-refractivity contribution in [3.63, 3.8) is 0 Å². The maximum Gasteiger partial charge on any atom is 0.317 e. The average molecular weight is 310 g/mol. The van der Waals surface area contributed by atoms with Crippen molar-refractivity contribution >= 4 is 17.8 Å². The van der Waals surface area contributed by atoms with E-state index in [-0.39, 0.29) is 17.9 Å². The second-order valence-corrected chi connectivity index (χ2v) is 6.70. The van der Waals surface area contributed by atoms with Gasteiger partial charge in [0.15, 0.2) is 0 Å². The van der Waals surface area contributed by atoms with Crippen LogP contribution in [0.2, 0.25) is 0 Å². The number of amides is 2. The van der Waals surface area contributed by atoms with Gasteiger partial charge in [-0.3, -0.25) is 0 Å². The van der Waals surface area contributed by atoms with Gasteiger partial charge in [0.2, 0.25) is 0 Å². The van der Waals surface area contributed by atoms with Gasteiger partial charge in [-0.2, -0.15) is 0 Å². The van der Waals surface area contributed by atoms with Crippen LogP contribution in [0.25, 0.3) is 0 Å². The minimum Gasteiger partial charge on any atom is -0.391 e. The number of likely N-dealkylation sites (tertiary alicyclic amines) is 1. The third-order valence-electron chi connectivity index (χ3n) is 3.99. The van der Waals surface area contributed by atoms with Crippen molar-refractivity contribution < 1.29 is 14.3 Å². The van der Waals surface area contributed by atoms with Gasteiger partial charge in [0.05, 0.1) is 12.1 Å². The first-order valence-electron chi connectivity index (χ1n) is 7.29. The molecule has 2 N–H and O–H groups in total. The third kappa shape index (κ3) is 3.32. The molecule has 1 aromatic rings. The number of hydrogen-bond donors (Lipinski definition) is 2. The number of aliphatic hydroxyl groups excluding tert-OH is 1. The zero-order valence-corrected chi connectivity index (χ0v) is 12.5. The fourth-order valence-electron chi connectivity index (χ4n) is 2.89. The van der Waals surface area contributed by atoms with Crippen LogP contribution in [0, 0.1) is 5.82 Å². The first kappa shape index (κ1) is 14.7. The molecule has 114 valence electrons. The number of benzene rings is 1. The van der Waals surface area contributed by atoms with Crippen LogP contribution in [-0.2, 0) is 0 Å². The van der Waals surface area contributed by atoms with Gasteiger partial charge in [0.1, 0.15) is 5.82 Å². The van der Waals surface area contributed by atoms with Gasteiger partial charge >= 0.3 is 6.03 Å². The molecule has 0 radical (unpaired) electrons. The van der Waals surface area contributed by atoms with Crippen LogP contribution < -0.4 is 5.32 Å². The van der Waals surface area contributed by atoms with Crippen molar-refractivity contribution in [2.45, 2.75) is 36.3 Å². The summed E-state index contributed by atoms with van der Waals surface area (Å²) in [5, 5.41) is 12.6. The van der Waals surface area contributed by atoms with E-state index in [1.165, 1.54) is 12.1 Å². The molecule has 21 heavy (non-hydrogen) atoms. The number of urea groups is 1. The summed E-state index contributed by atoms with van der Waals surface area (Å²) < 4.78 is 13.4. The Morgan fingerprint density at radius 3 is 3.10 bits per heavy atom. The van der Waals surface area contributed by atoms with Crippen LogP contribution in [-0.4, -0.2) is 41.0 Å². The summed E-state index contributed by atoms with van der Waals surface area (Å²) in [5.74, 6) is 0.635. The Labute approximate surface area is 127 Å². The second-order valence-electron chi connectivity index (χ2n) is 5.56. The Hall–Kier alpha value is -1.27. The van der Waals surface area contributed by atoms with E-state index in [9.17, 15) is 14.3 Å². The molecule has 1 aromatic carbocycles. The minimum absolute atomic E-state index is 0.150. The Bertz CT molecular complexity index is 540. The number of rotatable bonds is 1. The number of nitrogens with zero attached hydrogens (tertiary/aromatic N) is 1. The van der Waals surface area contributed by atoms with Crippen molar-refractivity contribution in [3.8, 4) is 0 Å². The van der Waals surface area contributed by atoms with Crippen molar-refractivity contribution in [2.24, 2.45) is 0 Å². The quantitative estimate of drug-likeness (QED) is 0.838.